The molecule has 4 nitrogen and oxygen atoms in total. The molecule has 2 amide bonds. The van der Waals surface area contributed by atoms with Gasteiger partial charge in [0.2, 0.25) is 0 Å². The van der Waals surface area contributed by atoms with Gasteiger partial charge in [-0.3, -0.25) is 9.59 Å². The Labute approximate surface area is 114 Å². The van der Waals surface area contributed by atoms with Gasteiger partial charge in [-0.1, -0.05) is 32.0 Å². The quantitative estimate of drug-likeness (QED) is 0.819. The average molecular weight is 262 g/mol. The van der Waals surface area contributed by atoms with Gasteiger partial charge in [-0.2, -0.15) is 0 Å². The highest BCUT2D eigenvalue weighted by atomic mass is 16.2. The van der Waals surface area contributed by atoms with Gasteiger partial charge in [0, 0.05) is 11.7 Å². The molecule has 0 aliphatic carbocycles. The molecular weight excluding hydrogens is 240 g/mol. The molecule has 0 aliphatic rings. The van der Waals surface area contributed by atoms with Crippen molar-refractivity contribution < 1.29 is 9.59 Å². The van der Waals surface area contributed by atoms with Gasteiger partial charge in [0.1, 0.15) is 0 Å². The van der Waals surface area contributed by atoms with E-state index in [1.54, 1.807) is 0 Å². The summed E-state index contributed by atoms with van der Waals surface area (Å²) in [6.45, 7) is 7.76. The summed E-state index contributed by atoms with van der Waals surface area (Å²) < 4.78 is 0. The Bertz CT molecular complexity index is 469. The minimum Gasteiger partial charge on any atom is -0.345 e. The van der Waals surface area contributed by atoms with Gasteiger partial charge in [-0.15, -0.1) is 0 Å². The second-order valence-electron chi connectivity index (χ2n) is 4.70. The van der Waals surface area contributed by atoms with E-state index in [0.29, 0.717) is 0 Å². The Morgan fingerprint density at radius 1 is 1.21 bits per heavy atom. The number of para-hydroxylation sites is 1. The van der Waals surface area contributed by atoms with Crippen molar-refractivity contribution in [3.05, 3.63) is 29.3 Å². The van der Waals surface area contributed by atoms with Crippen LogP contribution < -0.4 is 10.6 Å². The van der Waals surface area contributed by atoms with E-state index in [9.17, 15) is 9.59 Å². The molecule has 0 heterocycles. The lowest BCUT2D eigenvalue weighted by Gasteiger charge is -2.14. The zero-order valence-electron chi connectivity index (χ0n) is 12.0. The summed E-state index contributed by atoms with van der Waals surface area (Å²) >= 11 is 0. The third-order valence-corrected chi connectivity index (χ3v) is 3.17. The smallest absolute Gasteiger partial charge is 0.313 e. The molecule has 0 saturated carbocycles. The first-order valence-corrected chi connectivity index (χ1v) is 6.69. The van der Waals surface area contributed by atoms with Gasteiger partial charge in [0.05, 0.1) is 0 Å². The van der Waals surface area contributed by atoms with Gasteiger partial charge in [-0.05, 0) is 37.8 Å². The molecule has 0 fully saturated rings. The summed E-state index contributed by atoms with van der Waals surface area (Å²) in [6.07, 6.45) is 1.61. The van der Waals surface area contributed by atoms with Crippen molar-refractivity contribution in [1.29, 1.82) is 0 Å². The van der Waals surface area contributed by atoms with Crippen molar-refractivity contribution in [1.82, 2.24) is 5.32 Å². The van der Waals surface area contributed by atoms with Crippen LogP contribution in [0.1, 0.15) is 38.3 Å². The Kier molecular flexibility index (Phi) is 5.55. The van der Waals surface area contributed by atoms with Crippen LogP contribution in [0.15, 0.2) is 18.2 Å². The number of nitrogens with one attached hydrogen (secondary N) is 2. The molecule has 0 aliphatic heterocycles. The van der Waals surface area contributed by atoms with Gasteiger partial charge in [0.25, 0.3) is 0 Å². The fraction of sp³-hybridized carbons (Fsp3) is 0.467. The van der Waals surface area contributed by atoms with Crippen LogP contribution in [0.3, 0.4) is 0 Å². The Balaban J connectivity index is 2.80. The van der Waals surface area contributed by atoms with Gasteiger partial charge in [-0.25, -0.2) is 0 Å². The van der Waals surface area contributed by atoms with Gasteiger partial charge < -0.3 is 10.6 Å². The first-order valence-electron chi connectivity index (χ1n) is 6.69. The number of carbonyl (C=O) groups is 2. The minimum atomic E-state index is -0.607. The van der Waals surface area contributed by atoms with Crippen molar-refractivity contribution in [2.75, 3.05) is 5.32 Å². The summed E-state index contributed by atoms with van der Waals surface area (Å²) in [5.74, 6) is -1.19. The zero-order chi connectivity index (χ0) is 14.4. The summed E-state index contributed by atoms with van der Waals surface area (Å²) in [5, 5.41) is 5.36. The lowest BCUT2D eigenvalue weighted by molar-refractivity contribution is -0.136. The molecule has 0 saturated heterocycles. The van der Waals surface area contributed by atoms with Gasteiger partial charge >= 0.3 is 11.8 Å². The molecule has 0 spiro atoms. The Morgan fingerprint density at radius 3 is 2.47 bits per heavy atom. The molecule has 2 N–H and O–H groups in total. The lowest BCUT2D eigenvalue weighted by Crippen LogP contribution is -2.40. The number of hydrogen-bond donors (Lipinski definition) is 2. The standard InChI is InChI=1S/C15H22N2O2/c1-5-11(4)16-14(18)15(19)17-13-10(3)8-7-9-12(13)6-2/h7-9,11H,5-6H2,1-4H3,(H,16,18)(H,17,19). The second kappa shape index (κ2) is 6.92. The molecule has 1 unspecified atom stereocenters. The fourth-order valence-electron chi connectivity index (χ4n) is 1.76. The van der Waals surface area contributed by atoms with E-state index in [1.807, 2.05) is 45.9 Å². The van der Waals surface area contributed by atoms with Crippen LogP contribution in [0, 0.1) is 6.92 Å². The largest absolute Gasteiger partial charge is 0.345 e. The maximum Gasteiger partial charge on any atom is 0.313 e. The molecule has 0 aromatic heterocycles. The molecule has 19 heavy (non-hydrogen) atoms. The van der Waals surface area contributed by atoms with E-state index < -0.39 is 11.8 Å². The minimum absolute atomic E-state index is 0.000709. The lowest BCUT2D eigenvalue weighted by atomic mass is 10.1. The predicted molar refractivity (Wildman–Crippen MR) is 77.1 cm³/mol. The number of rotatable bonds is 4. The van der Waals surface area contributed by atoms with Crippen molar-refractivity contribution in [2.24, 2.45) is 0 Å². The van der Waals surface area contributed by atoms with E-state index in [2.05, 4.69) is 10.6 Å². The topological polar surface area (TPSA) is 58.2 Å². The summed E-state index contributed by atoms with van der Waals surface area (Å²) in [5.41, 5.74) is 2.74. The van der Waals surface area contributed by atoms with Crippen molar-refractivity contribution in [3.63, 3.8) is 0 Å². The third kappa shape index (κ3) is 4.09. The summed E-state index contributed by atoms with van der Waals surface area (Å²) in [4.78, 5) is 23.6. The molecule has 0 bridgehead atoms. The van der Waals surface area contributed by atoms with Crippen LogP contribution in [0.4, 0.5) is 5.69 Å². The maximum atomic E-state index is 11.9. The highest BCUT2D eigenvalue weighted by Crippen LogP contribution is 2.20. The molecule has 104 valence electrons. The van der Waals surface area contributed by atoms with Crippen LogP contribution in [-0.2, 0) is 16.0 Å². The van der Waals surface area contributed by atoms with E-state index >= 15 is 0 Å². The van der Waals surface area contributed by atoms with Crippen LogP contribution >= 0.6 is 0 Å². The van der Waals surface area contributed by atoms with Crippen LogP contribution in [-0.4, -0.2) is 17.9 Å². The van der Waals surface area contributed by atoms with E-state index in [0.717, 1.165) is 29.7 Å². The molecule has 1 aromatic rings. The van der Waals surface area contributed by atoms with E-state index in [4.69, 9.17) is 0 Å². The molecule has 1 rings (SSSR count). The van der Waals surface area contributed by atoms with E-state index in [1.165, 1.54) is 0 Å². The first-order chi connectivity index (χ1) is 8.99. The third-order valence-electron chi connectivity index (χ3n) is 3.17. The summed E-state index contributed by atoms with van der Waals surface area (Å²) in [6, 6.07) is 5.82. The first kappa shape index (κ1) is 15.2. The molecule has 1 aromatic carbocycles. The number of carbonyl (C=O) groups excluding carboxylic acids is 2. The number of amides is 2. The SMILES string of the molecule is CCc1cccc(C)c1NC(=O)C(=O)NC(C)CC. The van der Waals surface area contributed by atoms with Crippen molar-refractivity contribution in [2.45, 2.75) is 46.6 Å². The molecule has 4 heteroatoms. The Hall–Kier alpha value is -1.84. The number of anilines is 1. The van der Waals surface area contributed by atoms with Crippen LogP contribution in [0.5, 0.6) is 0 Å². The fourth-order valence-corrected chi connectivity index (χ4v) is 1.76. The Morgan fingerprint density at radius 2 is 1.89 bits per heavy atom. The monoisotopic (exact) mass is 262 g/mol. The zero-order valence-corrected chi connectivity index (χ0v) is 12.0. The van der Waals surface area contributed by atoms with E-state index in [-0.39, 0.29) is 6.04 Å². The highest BCUT2D eigenvalue weighted by Gasteiger charge is 2.17. The van der Waals surface area contributed by atoms with Crippen LogP contribution in [0.25, 0.3) is 0 Å². The number of hydrogen-bond acceptors (Lipinski definition) is 2. The predicted octanol–water partition coefficient (Wildman–Crippen LogP) is 2.41. The van der Waals surface area contributed by atoms with Crippen molar-refractivity contribution in [3.8, 4) is 0 Å². The average Bonchev–Trinajstić information content (AvgIpc) is 2.40. The number of aryl methyl sites for hydroxylation is 2. The maximum absolute atomic E-state index is 11.9. The second-order valence-corrected chi connectivity index (χ2v) is 4.70. The van der Waals surface area contributed by atoms with Gasteiger partial charge in [0.15, 0.2) is 0 Å². The highest BCUT2D eigenvalue weighted by molar-refractivity contribution is 6.39. The van der Waals surface area contributed by atoms with Crippen LogP contribution in [0.2, 0.25) is 0 Å². The number of benzene rings is 1. The summed E-state index contributed by atoms with van der Waals surface area (Å²) in [7, 11) is 0. The normalized spacial score (nSPS) is 11.8. The molecule has 1 atom stereocenters. The molecular formula is C15H22N2O2. The molecule has 0 radical (unpaired) electrons. The van der Waals surface area contributed by atoms with Crippen molar-refractivity contribution >= 4 is 17.5 Å².